The van der Waals surface area contributed by atoms with Gasteiger partial charge in [0.15, 0.2) is 5.96 Å². The van der Waals surface area contributed by atoms with Gasteiger partial charge in [0.05, 0.1) is 13.1 Å². The second kappa shape index (κ2) is 9.19. The number of rotatable bonds is 7. The number of nitrogens with zero attached hydrogens (tertiary/aromatic N) is 3. The third kappa shape index (κ3) is 5.43. The van der Waals surface area contributed by atoms with Crippen LogP contribution in [-0.2, 0) is 12.1 Å². The first-order chi connectivity index (χ1) is 13.1. The van der Waals surface area contributed by atoms with Gasteiger partial charge in [-0.1, -0.05) is 12.1 Å². The molecule has 3 heterocycles. The molecular formula is C20H29N5OS. The summed E-state index contributed by atoms with van der Waals surface area (Å²) in [6, 6.07) is 8.07. The molecule has 6 nitrogen and oxygen atoms in total. The molecule has 2 aromatic rings. The molecular weight excluding hydrogens is 358 g/mol. The molecule has 7 heteroatoms. The van der Waals surface area contributed by atoms with Gasteiger partial charge in [-0.05, 0) is 49.8 Å². The van der Waals surface area contributed by atoms with Crippen LogP contribution in [-0.4, -0.2) is 42.2 Å². The number of pyridine rings is 1. The number of aliphatic hydroxyl groups is 1. The highest BCUT2D eigenvalue weighted by molar-refractivity contribution is 7.10. The summed E-state index contributed by atoms with van der Waals surface area (Å²) in [5.41, 5.74) is 0.142. The first-order valence-electron chi connectivity index (χ1n) is 9.57. The fraction of sp³-hybridized carbons (Fsp3) is 0.500. The van der Waals surface area contributed by atoms with Crippen LogP contribution in [0.3, 0.4) is 0 Å². The maximum atomic E-state index is 10.7. The second-order valence-corrected chi connectivity index (χ2v) is 7.97. The van der Waals surface area contributed by atoms with E-state index in [1.165, 1.54) is 12.8 Å². The van der Waals surface area contributed by atoms with Crippen LogP contribution >= 0.6 is 11.3 Å². The zero-order chi connectivity index (χ0) is 19.1. The van der Waals surface area contributed by atoms with E-state index in [1.807, 2.05) is 37.6 Å². The molecule has 0 spiro atoms. The molecule has 1 fully saturated rings. The number of aromatic nitrogens is 1. The van der Waals surface area contributed by atoms with E-state index in [9.17, 15) is 5.11 Å². The SMILES string of the molecule is CCNC(=NCc1ccc(N2CCCC2)nc1)NCC(C)(O)c1cccs1. The van der Waals surface area contributed by atoms with Crippen LogP contribution < -0.4 is 15.5 Å². The summed E-state index contributed by atoms with van der Waals surface area (Å²) in [6.07, 6.45) is 4.41. The van der Waals surface area contributed by atoms with Crippen LogP contribution in [0.25, 0.3) is 0 Å². The summed E-state index contributed by atoms with van der Waals surface area (Å²) in [7, 11) is 0. The van der Waals surface area contributed by atoms with Crippen molar-refractivity contribution in [1.82, 2.24) is 15.6 Å². The van der Waals surface area contributed by atoms with E-state index in [2.05, 4.69) is 37.6 Å². The minimum Gasteiger partial charge on any atom is -0.383 e. The zero-order valence-corrected chi connectivity index (χ0v) is 16.9. The van der Waals surface area contributed by atoms with Crippen molar-refractivity contribution in [2.45, 2.75) is 38.8 Å². The van der Waals surface area contributed by atoms with Crippen LogP contribution in [0.15, 0.2) is 40.8 Å². The Hall–Kier alpha value is -2.12. The molecule has 0 amide bonds. The predicted octanol–water partition coefficient (Wildman–Crippen LogP) is 2.71. The van der Waals surface area contributed by atoms with Gasteiger partial charge in [0, 0.05) is 30.7 Å². The highest BCUT2D eigenvalue weighted by Gasteiger charge is 2.24. The van der Waals surface area contributed by atoms with Crippen molar-refractivity contribution in [3.05, 3.63) is 46.3 Å². The van der Waals surface area contributed by atoms with E-state index in [1.54, 1.807) is 11.3 Å². The van der Waals surface area contributed by atoms with Crippen molar-refractivity contribution >= 4 is 23.1 Å². The lowest BCUT2D eigenvalue weighted by molar-refractivity contribution is 0.0655. The van der Waals surface area contributed by atoms with E-state index in [0.717, 1.165) is 35.9 Å². The van der Waals surface area contributed by atoms with Crippen molar-refractivity contribution < 1.29 is 5.11 Å². The first-order valence-corrected chi connectivity index (χ1v) is 10.4. The Morgan fingerprint density at radius 1 is 1.30 bits per heavy atom. The van der Waals surface area contributed by atoms with E-state index in [0.29, 0.717) is 19.0 Å². The van der Waals surface area contributed by atoms with Gasteiger partial charge in [-0.2, -0.15) is 0 Å². The molecule has 1 aliphatic heterocycles. The van der Waals surface area contributed by atoms with Crippen molar-refractivity contribution in [2.75, 3.05) is 31.1 Å². The summed E-state index contributed by atoms with van der Waals surface area (Å²) >= 11 is 1.55. The fourth-order valence-electron chi connectivity index (χ4n) is 3.08. The van der Waals surface area contributed by atoms with Crippen molar-refractivity contribution in [3.8, 4) is 0 Å². The lowest BCUT2D eigenvalue weighted by Gasteiger charge is -2.23. The van der Waals surface area contributed by atoms with Gasteiger partial charge in [-0.3, -0.25) is 0 Å². The number of aliphatic imine (C=N–C) groups is 1. The zero-order valence-electron chi connectivity index (χ0n) is 16.1. The Kier molecular flexibility index (Phi) is 6.68. The van der Waals surface area contributed by atoms with Crippen LogP contribution in [0.2, 0.25) is 0 Å². The van der Waals surface area contributed by atoms with Gasteiger partial charge in [0.25, 0.3) is 0 Å². The average molecular weight is 388 g/mol. The van der Waals surface area contributed by atoms with Gasteiger partial charge in [-0.25, -0.2) is 9.98 Å². The van der Waals surface area contributed by atoms with E-state index in [4.69, 9.17) is 0 Å². The Bertz CT molecular complexity index is 721. The second-order valence-electron chi connectivity index (χ2n) is 7.02. The number of guanidine groups is 1. The largest absolute Gasteiger partial charge is 0.383 e. The molecule has 0 bridgehead atoms. The number of hydrogen-bond acceptors (Lipinski definition) is 5. The molecule has 0 saturated carbocycles. The first kappa shape index (κ1) is 19.6. The number of nitrogens with one attached hydrogen (secondary N) is 2. The Morgan fingerprint density at radius 3 is 2.74 bits per heavy atom. The minimum atomic E-state index is -0.927. The molecule has 3 N–H and O–H groups in total. The summed E-state index contributed by atoms with van der Waals surface area (Å²) in [5.74, 6) is 1.75. The molecule has 1 saturated heterocycles. The molecule has 146 valence electrons. The van der Waals surface area contributed by atoms with E-state index < -0.39 is 5.60 Å². The standard InChI is InChI=1S/C20H29N5OS/c1-3-21-19(24-15-20(2,26)17-7-6-12-27-17)23-14-16-8-9-18(22-13-16)25-10-4-5-11-25/h6-9,12-13,26H,3-5,10-11,14-15H2,1-2H3,(H2,21,23,24). The highest BCUT2D eigenvalue weighted by Crippen LogP contribution is 2.24. The summed E-state index contributed by atoms with van der Waals surface area (Å²) in [4.78, 5) is 12.5. The minimum absolute atomic E-state index is 0.394. The van der Waals surface area contributed by atoms with Crippen molar-refractivity contribution in [3.63, 3.8) is 0 Å². The fourth-order valence-corrected chi connectivity index (χ4v) is 3.87. The molecule has 0 radical (unpaired) electrons. The van der Waals surface area contributed by atoms with Crippen molar-refractivity contribution in [2.24, 2.45) is 4.99 Å². The van der Waals surface area contributed by atoms with Crippen LogP contribution in [0.5, 0.6) is 0 Å². The third-order valence-electron chi connectivity index (χ3n) is 4.66. The van der Waals surface area contributed by atoms with Gasteiger partial charge >= 0.3 is 0 Å². The molecule has 0 aromatic carbocycles. The Labute approximate surface area is 165 Å². The molecule has 3 rings (SSSR count). The monoisotopic (exact) mass is 387 g/mol. The van der Waals surface area contributed by atoms with Gasteiger partial charge in [0.1, 0.15) is 11.4 Å². The molecule has 1 atom stereocenters. The molecule has 1 aliphatic rings. The van der Waals surface area contributed by atoms with Gasteiger partial charge in [0.2, 0.25) is 0 Å². The number of hydrogen-bond donors (Lipinski definition) is 3. The maximum Gasteiger partial charge on any atom is 0.191 e. The molecule has 2 aromatic heterocycles. The third-order valence-corrected chi connectivity index (χ3v) is 5.78. The summed E-state index contributed by atoms with van der Waals surface area (Å²) < 4.78 is 0. The molecule has 1 unspecified atom stereocenters. The Balaban J connectivity index is 1.58. The average Bonchev–Trinajstić information content (AvgIpc) is 3.39. The van der Waals surface area contributed by atoms with Crippen LogP contribution in [0.4, 0.5) is 5.82 Å². The quantitative estimate of drug-likeness (QED) is 0.503. The normalized spacial score (nSPS) is 17.0. The number of anilines is 1. The lowest BCUT2D eigenvalue weighted by atomic mass is 10.1. The topological polar surface area (TPSA) is 72.8 Å². The summed E-state index contributed by atoms with van der Waals surface area (Å²) in [5, 5.41) is 19.1. The molecule has 0 aliphatic carbocycles. The molecule has 27 heavy (non-hydrogen) atoms. The predicted molar refractivity (Wildman–Crippen MR) is 112 cm³/mol. The van der Waals surface area contributed by atoms with Crippen LogP contribution in [0.1, 0.15) is 37.1 Å². The smallest absolute Gasteiger partial charge is 0.191 e. The maximum absolute atomic E-state index is 10.7. The van der Waals surface area contributed by atoms with Crippen LogP contribution in [0, 0.1) is 0 Å². The Morgan fingerprint density at radius 2 is 2.11 bits per heavy atom. The van der Waals surface area contributed by atoms with Crippen molar-refractivity contribution in [1.29, 1.82) is 0 Å². The summed E-state index contributed by atoms with van der Waals surface area (Å²) in [6.45, 7) is 7.75. The highest BCUT2D eigenvalue weighted by atomic mass is 32.1. The van der Waals surface area contributed by atoms with Gasteiger partial charge in [-0.15, -0.1) is 11.3 Å². The lowest BCUT2D eigenvalue weighted by Crippen LogP contribution is -2.44. The number of thiophene rings is 1. The van der Waals surface area contributed by atoms with E-state index >= 15 is 0 Å². The van der Waals surface area contributed by atoms with E-state index in [-0.39, 0.29) is 0 Å². The van der Waals surface area contributed by atoms with Gasteiger partial charge < -0.3 is 20.6 Å².